The molecular formula is C9H9N3O3S. The number of pyridine rings is 1. The third-order valence-corrected chi connectivity index (χ3v) is 2.67. The molecule has 0 bridgehead atoms. The number of anilines is 1. The van der Waals surface area contributed by atoms with Crippen LogP contribution in [-0.4, -0.2) is 27.6 Å². The second kappa shape index (κ2) is 4.09. The zero-order valence-corrected chi connectivity index (χ0v) is 9.13. The summed E-state index contributed by atoms with van der Waals surface area (Å²) in [6.07, 6.45) is 1.72. The smallest absolute Gasteiger partial charge is 0.290 e. The maximum absolute atomic E-state index is 11.6. The molecule has 1 amide bonds. The summed E-state index contributed by atoms with van der Waals surface area (Å²) in [4.78, 5) is 27.0. The monoisotopic (exact) mass is 239 g/mol. The van der Waals surface area contributed by atoms with Crippen molar-refractivity contribution in [3.63, 3.8) is 0 Å². The highest BCUT2D eigenvalue weighted by Crippen LogP contribution is 2.29. The van der Waals surface area contributed by atoms with Gasteiger partial charge in [-0.2, -0.15) is 12.6 Å². The van der Waals surface area contributed by atoms with Crippen LogP contribution in [0.2, 0.25) is 0 Å². The lowest BCUT2D eigenvalue weighted by Gasteiger charge is -2.13. The Bertz CT molecular complexity index is 451. The molecule has 0 saturated carbocycles. The molecule has 0 aliphatic carbocycles. The number of aromatic nitrogens is 1. The van der Waals surface area contributed by atoms with Gasteiger partial charge in [-0.1, -0.05) is 0 Å². The van der Waals surface area contributed by atoms with Gasteiger partial charge in [-0.3, -0.25) is 19.8 Å². The van der Waals surface area contributed by atoms with Crippen LogP contribution in [0.15, 0.2) is 18.3 Å². The molecule has 2 rings (SSSR count). The van der Waals surface area contributed by atoms with E-state index in [1.807, 2.05) is 0 Å². The fourth-order valence-electron chi connectivity index (χ4n) is 1.63. The number of hydrogen-bond acceptors (Lipinski definition) is 5. The second-order valence-electron chi connectivity index (χ2n) is 3.47. The van der Waals surface area contributed by atoms with Crippen LogP contribution in [0.3, 0.4) is 0 Å². The summed E-state index contributed by atoms with van der Waals surface area (Å²) in [5, 5.41) is 10.7. The normalized spacial score (nSPS) is 20.2. The van der Waals surface area contributed by atoms with Gasteiger partial charge in [0.2, 0.25) is 11.7 Å². The van der Waals surface area contributed by atoms with Gasteiger partial charge in [0.25, 0.3) is 0 Å². The van der Waals surface area contributed by atoms with Gasteiger partial charge in [0.15, 0.2) is 0 Å². The number of thiol groups is 1. The Hall–Kier alpha value is -1.63. The fourth-order valence-corrected chi connectivity index (χ4v) is 1.95. The SMILES string of the molecule is O=C1CC(S)CN1c1ncccc1[N+](=O)[O-]. The first-order valence-corrected chi connectivity index (χ1v) is 5.19. The molecule has 1 fully saturated rings. The number of nitro groups is 1. The van der Waals surface area contributed by atoms with E-state index in [2.05, 4.69) is 17.6 Å². The van der Waals surface area contributed by atoms with E-state index in [0.717, 1.165) is 0 Å². The standard InChI is InChI=1S/C9H9N3O3S/c13-8-4-6(16)5-11(8)9-7(12(14)15)2-1-3-10-9/h1-3,6,16H,4-5H2. The lowest BCUT2D eigenvalue weighted by Crippen LogP contribution is -2.26. The van der Waals surface area contributed by atoms with Crippen LogP contribution in [0.1, 0.15) is 6.42 Å². The van der Waals surface area contributed by atoms with Crippen molar-refractivity contribution in [2.45, 2.75) is 11.7 Å². The molecule has 0 spiro atoms. The van der Waals surface area contributed by atoms with E-state index < -0.39 is 4.92 Å². The Morgan fingerprint density at radius 3 is 2.94 bits per heavy atom. The zero-order chi connectivity index (χ0) is 11.7. The van der Waals surface area contributed by atoms with E-state index in [1.54, 1.807) is 0 Å². The molecule has 1 aliphatic rings. The molecule has 0 radical (unpaired) electrons. The van der Waals surface area contributed by atoms with Crippen molar-refractivity contribution in [3.05, 3.63) is 28.4 Å². The maximum Gasteiger partial charge on any atom is 0.312 e. The van der Waals surface area contributed by atoms with Crippen molar-refractivity contribution in [3.8, 4) is 0 Å². The molecule has 1 atom stereocenters. The molecule has 1 aliphatic heterocycles. The highest BCUT2D eigenvalue weighted by Gasteiger charge is 2.33. The van der Waals surface area contributed by atoms with Crippen molar-refractivity contribution in [2.75, 3.05) is 11.4 Å². The van der Waals surface area contributed by atoms with Crippen LogP contribution in [0.4, 0.5) is 11.5 Å². The minimum absolute atomic E-state index is 0.0888. The Labute approximate surface area is 96.8 Å². The van der Waals surface area contributed by atoms with Crippen molar-refractivity contribution >= 4 is 30.0 Å². The predicted octanol–water partition coefficient (Wildman–Crippen LogP) is 1.02. The number of rotatable bonds is 2. The van der Waals surface area contributed by atoms with Crippen molar-refractivity contribution < 1.29 is 9.72 Å². The van der Waals surface area contributed by atoms with Crippen LogP contribution < -0.4 is 4.90 Å². The third-order valence-electron chi connectivity index (χ3n) is 2.32. The summed E-state index contributed by atoms with van der Waals surface area (Å²) >= 11 is 4.19. The van der Waals surface area contributed by atoms with Crippen LogP contribution in [0.25, 0.3) is 0 Å². The number of nitrogens with zero attached hydrogens (tertiary/aromatic N) is 3. The Kier molecular flexibility index (Phi) is 2.78. The van der Waals surface area contributed by atoms with E-state index in [4.69, 9.17) is 0 Å². The number of amides is 1. The molecule has 6 nitrogen and oxygen atoms in total. The van der Waals surface area contributed by atoms with E-state index >= 15 is 0 Å². The van der Waals surface area contributed by atoms with E-state index in [1.165, 1.54) is 23.2 Å². The summed E-state index contributed by atoms with van der Waals surface area (Å²) in [6.45, 7) is 0.361. The van der Waals surface area contributed by atoms with Gasteiger partial charge in [0.05, 0.1) is 4.92 Å². The highest BCUT2D eigenvalue weighted by molar-refractivity contribution is 7.81. The zero-order valence-electron chi connectivity index (χ0n) is 8.24. The maximum atomic E-state index is 11.6. The average Bonchev–Trinajstić information content (AvgIpc) is 2.57. The molecule has 1 aromatic heterocycles. The van der Waals surface area contributed by atoms with E-state index in [0.29, 0.717) is 6.54 Å². The molecule has 1 aromatic rings. The summed E-state index contributed by atoms with van der Waals surface area (Å²) in [5.41, 5.74) is -0.154. The Morgan fingerprint density at radius 1 is 1.62 bits per heavy atom. The Balaban J connectivity index is 2.40. The van der Waals surface area contributed by atoms with Gasteiger partial charge in [0.1, 0.15) is 0 Å². The van der Waals surface area contributed by atoms with Crippen LogP contribution in [0, 0.1) is 10.1 Å². The van der Waals surface area contributed by atoms with Crippen LogP contribution in [-0.2, 0) is 4.79 Å². The molecular weight excluding hydrogens is 230 g/mol. The molecule has 1 unspecified atom stereocenters. The van der Waals surface area contributed by atoms with Crippen LogP contribution >= 0.6 is 12.6 Å². The van der Waals surface area contributed by atoms with Crippen molar-refractivity contribution in [2.24, 2.45) is 0 Å². The molecule has 0 aromatic carbocycles. The summed E-state index contributed by atoms with van der Waals surface area (Å²) in [7, 11) is 0. The van der Waals surface area contributed by atoms with Gasteiger partial charge in [0, 0.05) is 30.5 Å². The van der Waals surface area contributed by atoms with Gasteiger partial charge < -0.3 is 0 Å². The van der Waals surface area contributed by atoms with Gasteiger partial charge in [-0.25, -0.2) is 4.98 Å². The topological polar surface area (TPSA) is 76.3 Å². The lowest BCUT2D eigenvalue weighted by atomic mass is 10.3. The fraction of sp³-hybridized carbons (Fsp3) is 0.333. The molecule has 7 heteroatoms. The summed E-state index contributed by atoms with van der Waals surface area (Å²) < 4.78 is 0. The third kappa shape index (κ3) is 1.85. The first-order valence-electron chi connectivity index (χ1n) is 4.67. The predicted molar refractivity (Wildman–Crippen MR) is 60.6 cm³/mol. The second-order valence-corrected chi connectivity index (χ2v) is 4.20. The van der Waals surface area contributed by atoms with Crippen molar-refractivity contribution in [1.82, 2.24) is 4.98 Å². The number of hydrogen-bond donors (Lipinski definition) is 1. The van der Waals surface area contributed by atoms with Gasteiger partial charge in [-0.05, 0) is 6.07 Å². The minimum Gasteiger partial charge on any atom is -0.290 e. The molecule has 1 saturated heterocycles. The first-order chi connectivity index (χ1) is 7.59. The van der Waals surface area contributed by atoms with Crippen LogP contribution in [0.5, 0.6) is 0 Å². The largest absolute Gasteiger partial charge is 0.312 e. The number of carbonyl (C=O) groups is 1. The molecule has 16 heavy (non-hydrogen) atoms. The highest BCUT2D eigenvalue weighted by atomic mass is 32.1. The van der Waals surface area contributed by atoms with E-state index in [-0.39, 0.29) is 29.1 Å². The summed E-state index contributed by atoms with van der Waals surface area (Å²) in [6, 6.07) is 2.81. The van der Waals surface area contributed by atoms with Gasteiger partial charge in [-0.15, -0.1) is 0 Å². The average molecular weight is 239 g/mol. The quantitative estimate of drug-likeness (QED) is 0.475. The van der Waals surface area contributed by atoms with Crippen molar-refractivity contribution in [1.29, 1.82) is 0 Å². The first kappa shape index (κ1) is 10.9. The molecule has 2 heterocycles. The minimum atomic E-state index is -0.540. The molecule has 0 N–H and O–H groups in total. The van der Waals surface area contributed by atoms with E-state index in [9.17, 15) is 14.9 Å². The lowest BCUT2D eigenvalue weighted by molar-refractivity contribution is -0.384. The van der Waals surface area contributed by atoms with Gasteiger partial charge >= 0.3 is 5.69 Å². The number of carbonyl (C=O) groups excluding carboxylic acids is 1. The Morgan fingerprint density at radius 2 is 2.38 bits per heavy atom. The molecule has 84 valence electrons. The summed E-state index contributed by atoms with van der Waals surface area (Å²) in [5.74, 6) is -0.0733.